The van der Waals surface area contributed by atoms with Crippen LogP contribution in [-0.2, 0) is 0 Å². The average Bonchev–Trinajstić information content (AvgIpc) is 3.17. The van der Waals surface area contributed by atoms with Gasteiger partial charge in [0.1, 0.15) is 0 Å². The van der Waals surface area contributed by atoms with Crippen LogP contribution in [-0.4, -0.2) is 14.6 Å². The molecule has 0 saturated carbocycles. The van der Waals surface area contributed by atoms with E-state index in [0.29, 0.717) is 27.5 Å². The molecule has 0 aliphatic carbocycles. The Morgan fingerprint density at radius 1 is 0.871 bits per heavy atom. The van der Waals surface area contributed by atoms with Gasteiger partial charge in [-0.3, -0.25) is 9.89 Å². The van der Waals surface area contributed by atoms with Gasteiger partial charge in [0, 0.05) is 16.1 Å². The number of aromatic nitrogens is 3. The average molecular weight is 425 g/mol. The monoisotopic (exact) mass is 424 g/mol. The molecule has 3 aromatic carbocycles. The molecule has 0 amide bonds. The van der Waals surface area contributed by atoms with Crippen molar-refractivity contribution in [2.24, 2.45) is 0 Å². The van der Waals surface area contributed by atoms with E-state index in [0.717, 1.165) is 27.9 Å². The van der Waals surface area contributed by atoms with Gasteiger partial charge in [-0.1, -0.05) is 66.7 Å². The summed E-state index contributed by atoms with van der Waals surface area (Å²) in [5, 5.41) is 3.31. The van der Waals surface area contributed by atoms with Crippen molar-refractivity contribution in [2.45, 2.75) is 11.8 Å². The Bertz CT molecular complexity index is 1470. The number of hydrogen-bond acceptors (Lipinski definition) is 4. The van der Waals surface area contributed by atoms with Crippen molar-refractivity contribution in [1.82, 2.24) is 14.6 Å². The Kier molecular flexibility index (Phi) is 4.64. The number of thiol groups is 1. The third-order valence-electron chi connectivity index (χ3n) is 5.41. The van der Waals surface area contributed by atoms with Crippen LogP contribution in [0, 0.1) is 6.92 Å². The molecule has 5 rings (SSSR count). The first-order valence-corrected chi connectivity index (χ1v) is 10.3. The highest BCUT2D eigenvalue weighted by atomic mass is 32.1. The van der Waals surface area contributed by atoms with Crippen LogP contribution in [0.15, 0.2) is 88.6 Å². The minimum atomic E-state index is -0.167. The van der Waals surface area contributed by atoms with Gasteiger partial charge < -0.3 is 5.73 Å². The Morgan fingerprint density at radius 2 is 1.52 bits per heavy atom. The highest BCUT2D eigenvalue weighted by Crippen LogP contribution is 2.35. The van der Waals surface area contributed by atoms with E-state index in [4.69, 9.17) is 10.7 Å². The quantitative estimate of drug-likeness (QED) is 0.275. The van der Waals surface area contributed by atoms with E-state index in [1.165, 1.54) is 4.52 Å². The Hall–Kier alpha value is -3.77. The number of aryl methyl sites for hydroxylation is 1. The molecule has 0 aliphatic heterocycles. The second kappa shape index (κ2) is 7.49. The number of nitrogens with one attached hydrogen (secondary N) is 1. The molecule has 0 radical (unpaired) electrons. The van der Waals surface area contributed by atoms with Crippen LogP contribution in [0.1, 0.15) is 5.69 Å². The van der Waals surface area contributed by atoms with E-state index in [2.05, 4.69) is 17.7 Å². The summed E-state index contributed by atoms with van der Waals surface area (Å²) in [4.78, 5) is 19.1. The SMILES string of the molecule is Cc1nc2c(-c3ccccc3)c(-c3ccccc3)[nH]n2c(=O)c1-c1ccc(N)c(S)c1. The second-order valence-electron chi connectivity index (χ2n) is 7.40. The summed E-state index contributed by atoms with van der Waals surface area (Å²) in [6, 6.07) is 25.3. The summed E-state index contributed by atoms with van der Waals surface area (Å²) in [5.41, 5.74) is 12.5. The Balaban J connectivity index is 1.86. The molecule has 2 aromatic heterocycles. The fraction of sp³-hybridized carbons (Fsp3) is 0.0400. The fourth-order valence-corrected chi connectivity index (χ4v) is 4.12. The zero-order valence-corrected chi connectivity index (χ0v) is 17.7. The number of anilines is 1. The van der Waals surface area contributed by atoms with Crippen LogP contribution in [0.4, 0.5) is 5.69 Å². The van der Waals surface area contributed by atoms with Crippen LogP contribution in [0.2, 0.25) is 0 Å². The van der Waals surface area contributed by atoms with E-state index in [1.54, 1.807) is 12.1 Å². The lowest BCUT2D eigenvalue weighted by Crippen LogP contribution is -2.19. The number of nitrogen functional groups attached to an aromatic ring is 1. The highest BCUT2D eigenvalue weighted by molar-refractivity contribution is 7.80. The summed E-state index contributed by atoms with van der Waals surface area (Å²) in [6.45, 7) is 1.86. The molecule has 0 saturated heterocycles. The Labute approximate surface area is 184 Å². The van der Waals surface area contributed by atoms with E-state index in [9.17, 15) is 4.79 Å². The van der Waals surface area contributed by atoms with E-state index in [1.807, 2.05) is 73.7 Å². The van der Waals surface area contributed by atoms with Crippen LogP contribution in [0.3, 0.4) is 0 Å². The normalized spacial score (nSPS) is 11.2. The first kappa shape index (κ1) is 19.2. The molecule has 3 N–H and O–H groups in total. The van der Waals surface area contributed by atoms with Gasteiger partial charge in [0.05, 0.1) is 22.5 Å². The third kappa shape index (κ3) is 3.21. The lowest BCUT2D eigenvalue weighted by molar-refractivity contribution is 0.896. The number of benzene rings is 3. The topological polar surface area (TPSA) is 76.2 Å². The van der Waals surface area contributed by atoms with Crippen molar-refractivity contribution >= 4 is 24.0 Å². The molecule has 31 heavy (non-hydrogen) atoms. The summed E-state index contributed by atoms with van der Waals surface area (Å²) >= 11 is 4.41. The molecule has 0 spiro atoms. The van der Waals surface area contributed by atoms with E-state index in [-0.39, 0.29) is 5.56 Å². The zero-order valence-electron chi connectivity index (χ0n) is 16.8. The standard InChI is InChI=1S/C25H20N4OS/c1-15-21(18-12-13-19(26)20(31)14-18)25(30)29-24(27-15)22(16-8-4-2-5-9-16)23(28-29)17-10-6-3-7-11-17/h2-14,28,31H,26H2,1H3. The number of aromatic amines is 1. The number of rotatable bonds is 3. The largest absolute Gasteiger partial charge is 0.398 e. The van der Waals surface area contributed by atoms with Crippen LogP contribution in [0.5, 0.6) is 0 Å². The molecule has 152 valence electrons. The molecule has 0 atom stereocenters. The van der Waals surface area contributed by atoms with Crippen molar-refractivity contribution in [1.29, 1.82) is 0 Å². The van der Waals surface area contributed by atoms with Gasteiger partial charge in [0.25, 0.3) is 5.56 Å². The van der Waals surface area contributed by atoms with Gasteiger partial charge in [-0.15, -0.1) is 12.6 Å². The van der Waals surface area contributed by atoms with Crippen molar-refractivity contribution in [2.75, 3.05) is 5.73 Å². The molecule has 0 fully saturated rings. The molecule has 5 nitrogen and oxygen atoms in total. The predicted molar refractivity (Wildman–Crippen MR) is 129 cm³/mol. The summed E-state index contributed by atoms with van der Waals surface area (Å²) in [6.07, 6.45) is 0. The first-order valence-electron chi connectivity index (χ1n) is 9.89. The molecular weight excluding hydrogens is 404 g/mol. The molecule has 5 aromatic rings. The highest BCUT2D eigenvalue weighted by Gasteiger charge is 2.21. The van der Waals surface area contributed by atoms with Crippen LogP contribution in [0.25, 0.3) is 39.2 Å². The van der Waals surface area contributed by atoms with Crippen LogP contribution < -0.4 is 11.3 Å². The lowest BCUT2D eigenvalue weighted by Gasteiger charge is -2.08. The molecular formula is C25H20N4OS. The van der Waals surface area contributed by atoms with Gasteiger partial charge in [-0.25, -0.2) is 4.98 Å². The number of nitrogens with zero attached hydrogens (tertiary/aromatic N) is 2. The number of H-pyrrole nitrogens is 1. The lowest BCUT2D eigenvalue weighted by atomic mass is 10.0. The molecule has 0 unspecified atom stereocenters. The minimum Gasteiger partial charge on any atom is -0.398 e. The van der Waals surface area contributed by atoms with E-state index < -0.39 is 0 Å². The fourth-order valence-electron chi connectivity index (χ4n) is 3.90. The molecule has 0 bridgehead atoms. The molecule has 2 heterocycles. The summed E-state index contributed by atoms with van der Waals surface area (Å²) in [5.74, 6) is 0. The second-order valence-corrected chi connectivity index (χ2v) is 7.89. The van der Waals surface area contributed by atoms with Crippen LogP contribution >= 0.6 is 12.6 Å². The number of hydrogen-bond donors (Lipinski definition) is 3. The van der Waals surface area contributed by atoms with Crippen molar-refractivity contribution in [3.63, 3.8) is 0 Å². The van der Waals surface area contributed by atoms with Gasteiger partial charge in [-0.05, 0) is 30.2 Å². The summed E-state index contributed by atoms with van der Waals surface area (Å²) < 4.78 is 1.53. The molecule has 0 aliphatic rings. The Morgan fingerprint density at radius 3 is 2.16 bits per heavy atom. The number of nitrogens with two attached hydrogens (primary N) is 1. The van der Waals surface area contributed by atoms with Gasteiger partial charge in [-0.2, -0.15) is 4.52 Å². The first-order chi connectivity index (χ1) is 15.0. The van der Waals surface area contributed by atoms with Gasteiger partial charge in [0.2, 0.25) is 0 Å². The zero-order chi connectivity index (χ0) is 21.5. The van der Waals surface area contributed by atoms with E-state index >= 15 is 0 Å². The van der Waals surface area contributed by atoms with Crippen molar-refractivity contribution in [3.8, 4) is 33.5 Å². The van der Waals surface area contributed by atoms with Gasteiger partial charge >= 0.3 is 0 Å². The minimum absolute atomic E-state index is 0.167. The van der Waals surface area contributed by atoms with Crippen molar-refractivity contribution in [3.05, 3.63) is 94.9 Å². The summed E-state index contributed by atoms with van der Waals surface area (Å²) in [7, 11) is 0. The maximum atomic E-state index is 13.6. The maximum Gasteiger partial charge on any atom is 0.280 e. The smallest absolute Gasteiger partial charge is 0.280 e. The molecule has 6 heteroatoms. The predicted octanol–water partition coefficient (Wildman–Crippen LogP) is 5.20. The third-order valence-corrected chi connectivity index (χ3v) is 5.79. The maximum absolute atomic E-state index is 13.6. The van der Waals surface area contributed by atoms with Crippen molar-refractivity contribution < 1.29 is 0 Å². The van der Waals surface area contributed by atoms with Gasteiger partial charge in [0.15, 0.2) is 5.65 Å². The number of fused-ring (bicyclic) bond motifs is 1.